The molecule has 0 amide bonds. The minimum Gasteiger partial charge on any atom is -0.316 e. The lowest BCUT2D eigenvalue weighted by Crippen LogP contribution is -2.29. The van der Waals surface area contributed by atoms with Crippen molar-refractivity contribution in [2.24, 2.45) is 0 Å². The van der Waals surface area contributed by atoms with Crippen molar-refractivity contribution in [3.63, 3.8) is 0 Å². The van der Waals surface area contributed by atoms with E-state index in [0.717, 1.165) is 24.6 Å². The Morgan fingerprint density at radius 2 is 2.29 bits per heavy atom. The summed E-state index contributed by atoms with van der Waals surface area (Å²) in [5.41, 5.74) is 3.57. The molecule has 1 N–H and O–H groups in total. The first-order chi connectivity index (χ1) is 8.25. The maximum absolute atomic E-state index is 4.48. The van der Waals surface area contributed by atoms with Gasteiger partial charge in [0.15, 0.2) is 0 Å². The van der Waals surface area contributed by atoms with Gasteiger partial charge in [0.1, 0.15) is 0 Å². The van der Waals surface area contributed by atoms with Gasteiger partial charge in [0.05, 0.1) is 6.20 Å². The number of piperidine rings is 1. The second-order valence-corrected chi connectivity index (χ2v) is 4.90. The summed E-state index contributed by atoms with van der Waals surface area (Å²) in [6.07, 6.45) is 4.48. The molecule has 0 saturated carbocycles. The van der Waals surface area contributed by atoms with E-state index >= 15 is 0 Å². The Hall–Kier alpha value is -1.42. The van der Waals surface area contributed by atoms with Crippen LogP contribution in [0.4, 0.5) is 0 Å². The lowest BCUT2D eigenvalue weighted by molar-refractivity contribution is 0.452. The third-order valence-corrected chi connectivity index (χ3v) is 3.53. The van der Waals surface area contributed by atoms with Gasteiger partial charge in [0.25, 0.3) is 0 Å². The van der Waals surface area contributed by atoms with Crippen LogP contribution in [0.15, 0.2) is 12.3 Å². The van der Waals surface area contributed by atoms with Crippen LogP contribution in [0.5, 0.6) is 0 Å². The molecule has 3 heterocycles. The number of nitrogens with one attached hydrogen (secondary N) is 1. The number of aromatic nitrogens is 3. The molecule has 3 rings (SSSR count). The summed E-state index contributed by atoms with van der Waals surface area (Å²) in [6, 6.07) is 2.12. The molecule has 1 aliphatic heterocycles. The predicted molar refractivity (Wildman–Crippen MR) is 67.3 cm³/mol. The van der Waals surface area contributed by atoms with E-state index in [1.54, 1.807) is 0 Å². The van der Waals surface area contributed by atoms with Crippen LogP contribution in [0.3, 0.4) is 0 Å². The van der Waals surface area contributed by atoms with E-state index in [-0.39, 0.29) is 0 Å². The molecule has 90 valence electrons. The molecule has 1 aliphatic rings. The summed E-state index contributed by atoms with van der Waals surface area (Å²) in [4.78, 5) is 8.92. The van der Waals surface area contributed by atoms with Gasteiger partial charge in [-0.25, -0.2) is 9.97 Å². The van der Waals surface area contributed by atoms with Crippen LogP contribution in [0.1, 0.15) is 35.8 Å². The van der Waals surface area contributed by atoms with Gasteiger partial charge in [0.2, 0.25) is 5.78 Å². The van der Waals surface area contributed by atoms with Gasteiger partial charge in [-0.05, 0) is 39.3 Å². The third kappa shape index (κ3) is 1.82. The minimum atomic E-state index is 0.571. The van der Waals surface area contributed by atoms with Gasteiger partial charge in [0, 0.05) is 29.5 Å². The number of fused-ring (bicyclic) bond motifs is 1. The zero-order valence-electron chi connectivity index (χ0n) is 10.4. The fraction of sp³-hybridized carbons (Fsp3) is 0.538. The van der Waals surface area contributed by atoms with Crippen molar-refractivity contribution in [3.8, 4) is 0 Å². The first kappa shape index (κ1) is 10.7. The SMILES string of the molecule is Cc1cc(C)n2c(C3CCCNC3)cnc2n1. The molecule has 1 unspecified atom stereocenters. The Balaban J connectivity index is 2.10. The van der Waals surface area contributed by atoms with Gasteiger partial charge in [-0.3, -0.25) is 4.40 Å². The highest BCUT2D eigenvalue weighted by molar-refractivity contribution is 5.36. The topological polar surface area (TPSA) is 42.2 Å². The molecule has 1 atom stereocenters. The van der Waals surface area contributed by atoms with Crippen LogP contribution in [0.25, 0.3) is 5.78 Å². The standard InChI is InChI=1S/C13H18N4/c1-9-6-10(2)17-12(8-15-13(17)16-9)11-4-3-5-14-7-11/h6,8,11,14H,3-5,7H2,1-2H3. The summed E-state index contributed by atoms with van der Waals surface area (Å²) in [5.74, 6) is 1.41. The van der Waals surface area contributed by atoms with E-state index in [2.05, 4.69) is 32.7 Å². The summed E-state index contributed by atoms with van der Waals surface area (Å²) in [6.45, 7) is 6.34. The third-order valence-electron chi connectivity index (χ3n) is 3.53. The zero-order valence-corrected chi connectivity index (χ0v) is 10.4. The van der Waals surface area contributed by atoms with Crippen LogP contribution in [0, 0.1) is 13.8 Å². The summed E-state index contributed by atoms with van der Waals surface area (Å²) in [7, 11) is 0. The first-order valence-corrected chi connectivity index (χ1v) is 6.28. The zero-order chi connectivity index (χ0) is 11.8. The smallest absolute Gasteiger partial charge is 0.234 e. The average molecular weight is 230 g/mol. The molecular weight excluding hydrogens is 212 g/mol. The molecule has 4 heteroatoms. The number of aryl methyl sites for hydroxylation is 2. The van der Waals surface area contributed by atoms with Crippen LogP contribution >= 0.6 is 0 Å². The lowest BCUT2D eigenvalue weighted by Gasteiger charge is -2.22. The number of hydrogen-bond acceptors (Lipinski definition) is 3. The van der Waals surface area contributed by atoms with Crippen LogP contribution in [-0.4, -0.2) is 27.5 Å². The van der Waals surface area contributed by atoms with Crippen molar-refractivity contribution in [2.45, 2.75) is 32.6 Å². The summed E-state index contributed by atoms with van der Waals surface area (Å²) >= 11 is 0. The van der Waals surface area contributed by atoms with E-state index in [0.29, 0.717) is 5.92 Å². The maximum atomic E-state index is 4.48. The molecule has 17 heavy (non-hydrogen) atoms. The largest absolute Gasteiger partial charge is 0.316 e. The Morgan fingerprint density at radius 1 is 1.41 bits per heavy atom. The monoisotopic (exact) mass is 230 g/mol. The fourth-order valence-corrected chi connectivity index (χ4v) is 2.74. The van der Waals surface area contributed by atoms with Crippen LogP contribution in [0.2, 0.25) is 0 Å². The van der Waals surface area contributed by atoms with Crippen molar-refractivity contribution in [2.75, 3.05) is 13.1 Å². The molecule has 1 saturated heterocycles. The van der Waals surface area contributed by atoms with E-state index in [9.17, 15) is 0 Å². The van der Waals surface area contributed by atoms with E-state index in [1.165, 1.54) is 24.2 Å². The quantitative estimate of drug-likeness (QED) is 0.812. The Morgan fingerprint density at radius 3 is 3.06 bits per heavy atom. The molecule has 0 radical (unpaired) electrons. The summed E-state index contributed by atoms with van der Waals surface area (Å²) < 4.78 is 2.20. The van der Waals surface area contributed by atoms with Gasteiger partial charge in [-0.15, -0.1) is 0 Å². The molecular formula is C13H18N4. The molecule has 4 nitrogen and oxygen atoms in total. The Bertz CT molecular complexity index is 538. The fourth-order valence-electron chi connectivity index (χ4n) is 2.74. The number of nitrogens with zero attached hydrogens (tertiary/aromatic N) is 3. The van der Waals surface area contributed by atoms with Crippen molar-refractivity contribution < 1.29 is 0 Å². The van der Waals surface area contributed by atoms with Crippen molar-refractivity contribution in [1.29, 1.82) is 0 Å². The maximum Gasteiger partial charge on any atom is 0.234 e. The molecule has 0 bridgehead atoms. The second-order valence-electron chi connectivity index (χ2n) is 4.90. The predicted octanol–water partition coefficient (Wildman–Crippen LogP) is 1.81. The van der Waals surface area contributed by atoms with E-state index in [4.69, 9.17) is 0 Å². The molecule has 0 aliphatic carbocycles. The molecule has 2 aromatic rings. The summed E-state index contributed by atoms with van der Waals surface area (Å²) in [5, 5.41) is 3.46. The second kappa shape index (κ2) is 4.11. The van der Waals surface area contributed by atoms with E-state index < -0.39 is 0 Å². The van der Waals surface area contributed by atoms with Crippen molar-refractivity contribution >= 4 is 5.78 Å². The highest BCUT2D eigenvalue weighted by atomic mass is 15.1. The number of hydrogen-bond donors (Lipinski definition) is 1. The van der Waals surface area contributed by atoms with Gasteiger partial charge in [-0.1, -0.05) is 0 Å². The normalized spacial score (nSPS) is 20.9. The van der Waals surface area contributed by atoms with E-state index in [1.807, 2.05) is 13.1 Å². The number of rotatable bonds is 1. The highest BCUT2D eigenvalue weighted by Gasteiger charge is 2.19. The van der Waals surface area contributed by atoms with Gasteiger partial charge < -0.3 is 5.32 Å². The van der Waals surface area contributed by atoms with Crippen molar-refractivity contribution in [3.05, 3.63) is 29.3 Å². The molecule has 0 spiro atoms. The Kier molecular flexibility index (Phi) is 2.59. The lowest BCUT2D eigenvalue weighted by atomic mass is 9.96. The molecule has 1 fully saturated rings. The number of imidazole rings is 1. The highest BCUT2D eigenvalue weighted by Crippen LogP contribution is 2.24. The van der Waals surface area contributed by atoms with Crippen LogP contribution in [-0.2, 0) is 0 Å². The molecule has 0 aromatic carbocycles. The van der Waals surface area contributed by atoms with Gasteiger partial charge >= 0.3 is 0 Å². The van der Waals surface area contributed by atoms with Crippen LogP contribution < -0.4 is 5.32 Å². The molecule has 2 aromatic heterocycles. The minimum absolute atomic E-state index is 0.571. The Labute approximate surface area is 101 Å². The first-order valence-electron chi connectivity index (χ1n) is 6.28. The van der Waals surface area contributed by atoms with Gasteiger partial charge in [-0.2, -0.15) is 0 Å². The van der Waals surface area contributed by atoms with Crippen molar-refractivity contribution in [1.82, 2.24) is 19.7 Å². The average Bonchev–Trinajstić information content (AvgIpc) is 2.74.